The summed E-state index contributed by atoms with van der Waals surface area (Å²) in [6.45, 7) is 14.1. The number of hydrogen-bond donors (Lipinski definition) is 3. The Morgan fingerprint density at radius 3 is 2.50 bits per heavy atom. The van der Waals surface area contributed by atoms with E-state index in [1.54, 1.807) is 11.0 Å². The van der Waals surface area contributed by atoms with Crippen molar-refractivity contribution in [2.24, 2.45) is 0 Å². The van der Waals surface area contributed by atoms with E-state index in [0.717, 1.165) is 44.3 Å². The first kappa shape index (κ1) is 27.7. The fraction of sp³-hybridized carbons (Fsp3) is 0.577. The SMILES string of the molecule is [C-]#[N+]C(=CC(C)(C)N1CCCC1)C(=O)N1CCCC[C@@H]1COC(=O)N[C@@H](Cc1ccccc1)B(O)O. The molecule has 3 N–H and O–H groups in total. The zero-order valence-corrected chi connectivity index (χ0v) is 21.2. The summed E-state index contributed by atoms with van der Waals surface area (Å²) < 4.78 is 5.40. The van der Waals surface area contributed by atoms with Gasteiger partial charge in [-0.25, -0.2) is 9.64 Å². The van der Waals surface area contributed by atoms with Crippen LogP contribution in [0.2, 0.25) is 0 Å². The van der Waals surface area contributed by atoms with Gasteiger partial charge in [0.2, 0.25) is 5.70 Å². The van der Waals surface area contributed by atoms with E-state index >= 15 is 0 Å². The van der Waals surface area contributed by atoms with E-state index in [0.29, 0.717) is 13.0 Å². The average molecular weight is 496 g/mol. The lowest BCUT2D eigenvalue weighted by molar-refractivity contribution is -0.131. The van der Waals surface area contributed by atoms with E-state index < -0.39 is 24.7 Å². The first-order valence-corrected chi connectivity index (χ1v) is 12.7. The number of ether oxygens (including phenoxy) is 1. The largest absolute Gasteiger partial charge is 0.475 e. The Labute approximate surface area is 214 Å². The molecule has 2 saturated heterocycles. The van der Waals surface area contributed by atoms with E-state index in [1.165, 1.54) is 0 Å². The van der Waals surface area contributed by atoms with Crippen LogP contribution in [0, 0.1) is 6.57 Å². The molecule has 0 aliphatic carbocycles. The van der Waals surface area contributed by atoms with Crippen molar-refractivity contribution in [3.8, 4) is 0 Å². The van der Waals surface area contributed by atoms with E-state index in [4.69, 9.17) is 11.3 Å². The number of nitrogens with zero attached hydrogens (tertiary/aromatic N) is 3. The molecule has 36 heavy (non-hydrogen) atoms. The Hall–Kier alpha value is -2.87. The van der Waals surface area contributed by atoms with Gasteiger partial charge in [-0.15, -0.1) is 0 Å². The molecule has 0 unspecified atom stereocenters. The number of piperidine rings is 1. The fourth-order valence-corrected chi connectivity index (χ4v) is 4.91. The highest BCUT2D eigenvalue weighted by Gasteiger charge is 2.34. The predicted octanol–water partition coefficient (Wildman–Crippen LogP) is 2.39. The molecule has 1 aromatic carbocycles. The number of nitrogens with one attached hydrogen (secondary N) is 1. The van der Waals surface area contributed by atoms with Gasteiger partial charge in [-0.2, -0.15) is 0 Å². The number of amides is 2. The van der Waals surface area contributed by atoms with Gasteiger partial charge in [0.25, 0.3) is 5.91 Å². The number of likely N-dealkylation sites (tertiary alicyclic amines) is 2. The Morgan fingerprint density at radius 1 is 1.19 bits per heavy atom. The van der Waals surface area contributed by atoms with Gasteiger partial charge in [0, 0.05) is 12.1 Å². The van der Waals surface area contributed by atoms with Gasteiger partial charge in [-0.1, -0.05) is 36.4 Å². The van der Waals surface area contributed by atoms with E-state index in [-0.39, 0.29) is 30.7 Å². The Balaban J connectivity index is 1.61. The maximum atomic E-state index is 13.4. The molecule has 2 atom stereocenters. The highest BCUT2D eigenvalue weighted by molar-refractivity contribution is 6.43. The number of rotatable bonds is 9. The number of benzene rings is 1. The molecular formula is C26H37BN4O5. The third-order valence-electron chi connectivity index (χ3n) is 7.01. The van der Waals surface area contributed by atoms with Crippen LogP contribution in [0.1, 0.15) is 51.5 Å². The van der Waals surface area contributed by atoms with Crippen LogP contribution in [0.5, 0.6) is 0 Å². The average Bonchev–Trinajstić information content (AvgIpc) is 3.42. The number of alkyl carbamates (subject to hydrolysis) is 1. The summed E-state index contributed by atoms with van der Waals surface area (Å²) in [6.07, 6.45) is 5.83. The van der Waals surface area contributed by atoms with Crippen LogP contribution >= 0.6 is 0 Å². The van der Waals surface area contributed by atoms with Crippen molar-refractivity contribution >= 4 is 19.1 Å². The lowest BCUT2D eigenvalue weighted by Gasteiger charge is -2.37. The zero-order chi connectivity index (χ0) is 26.1. The fourth-order valence-electron chi connectivity index (χ4n) is 4.91. The Kier molecular flexibility index (Phi) is 9.93. The molecule has 0 bridgehead atoms. The third kappa shape index (κ3) is 7.57. The number of carbonyl (C=O) groups is 2. The van der Waals surface area contributed by atoms with Gasteiger partial charge in [-0.3, -0.25) is 9.69 Å². The van der Waals surface area contributed by atoms with Crippen molar-refractivity contribution in [3.63, 3.8) is 0 Å². The lowest BCUT2D eigenvalue weighted by atomic mass is 9.76. The first-order valence-electron chi connectivity index (χ1n) is 12.7. The van der Waals surface area contributed by atoms with Crippen LogP contribution in [0.25, 0.3) is 4.85 Å². The van der Waals surface area contributed by atoms with Gasteiger partial charge in [-0.05, 0) is 71.0 Å². The van der Waals surface area contributed by atoms with Gasteiger partial charge in [0.1, 0.15) is 6.61 Å². The second-order valence-corrected chi connectivity index (χ2v) is 10.1. The minimum atomic E-state index is -1.75. The Bertz CT molecular complexity index is 957. The molecule has 3 rings (SSSR count). The minimum Gasteiger partial charge on any atom is -0.447 e. The highest BCUT2D eigenvalue weighted by Crippen LogP contribution is 2.26. The van der Waals surface area contributed by atoms with Crippen molar-refractivity contribution in [2.45, 2.75) is 69.9 Å². The molecule has 1 aromatic rings. The molecule has 10 heteroatoms. The topological polar surface area (TPSA) is 107 Å². The summed E-state index contributed by atoms with van der Waals surface area (Å²) in [6, 6.07) is 8.85. The molecule has 0 spiro atoms. The van der Waals surface area contributed by atoms with Gasteiger partial charge in [0.05, 0.1) is 18.6 Å². The van der Waals surface area contributed by atoms with Gasteiger partial charge < -0.3 is 25.0 Å². The Morgan fingerprint density at radius 2 is 1.86 bits per heavy atom. The summed E-state index contributed by atoms with van der Waals surface area (Å²) >= 11 is 0. The van der Waals surface area contributed by atoms with Gasteiger partial charge in [0.15, 0.2) is 0 Å². The number of carbonyl (C=O) groups excluding carboxylic acids is 2. The molecule has 2 fully saturated rings. The molecule has 2 aliphatic heterocycles. The maximum Gasteiger partial charge on any atom is 0.475 e. The summed E-state index contributed by atoms with van der Waals surface area (Å²) in [5.41, 5.74) is 0.539. The van der Waals surface area contributed by atoms with Crippen LogP contribution in [0.15, 0.2) is 42.1 Å². The molecule has 0 radical (unpaired) electrons. The molecule has 2 heterocycles. The summed E-state index contributed by atoms with van der Waals surface area (Å²) in [5, 5.41) is 21.9. The summed E-state index contributed by atoms with van der Waals surface area (Å²) in [4.78, 5) is 33.3. The van der Waals surface area contributed by atoms with E-state index in [9.17, 15) is 19.6 Å². The van der Waals surface area contributed by atoms with Crippen LogP contribution in [0.3, 0.4) is 0 Å². The smallest absolute Gasteiger partial charge is 0.447 e. The first-order chi connectivity index (χ1) is 17.2. The molecule has 9 nitrogen and oxygen atoms in total. The third-order valence-corrected chi connectivity index (χ3v) is 7.01. The van der Waals surface area contributed by atoms with E-state index in [1.807, 2.05) is 44.2 Å². The maximum absolute atomic E-state index is 13.4. The van der Waals surface area contributed by atoms with Crippen LogP contribution < -0.4 is 5.32 Å². The highest BCUT2D eigenvalue weighted by atomic mass is 16.5. The lowest BCUT2D eigenvalue weighted by Crippen LogP contribution is -2.50. The van der Waals surface area contributed by atoms with Crippen LogP contribution in [-0.4, -0.2) is 82.7 Å². The molecule has 194 valence electrons. The normalized spacial score (nSPS) is 19.9. The van der Waals surface area contributed by atoms with Crippen molar-refractivity contribution in [1.29, 1.82) is 0 Å². The van der Waals surface area contributed by atoms with Crippen molar-refractivity contribution < 1.29 is 24.4 Å². The zero-order valence-electron chi connectivity index (χ0n) is 21.2. The second-order valence-electron chi connectivity index (χ2n) is 10.1. The molecule has 0 saturated carbocycles. The number of hydrogen-bond acceptors (Lipinski definition) is 6. The summed E-state index contributed by atoms with van der Waals surface area (Å²) in [5.74, 6) is -1.27. The quantitative estimate of drug-likeness (QED) is 0.276. The van der Waals surface area contributed by atoms with E-state index in [2.05, 4.69) is 15.1 Å². The van der Waals surface area contributed by atoms with Crippen molar-refractivity contribution in [2.75, 3.05) is 26.2 Å². The standard InChI is InChI=1S/C26H37BN4O5/c1-26(2,30-14-9-10-15-30)18-22(28-3)24(32)31-16-8-7-13-21(31)19-36-25(33)29-23(27(34)35)17-20-11-5-4-6-12-20/h4-6,11-12,18,21,23,34-35H,7-10,13-17,19H2,1-2H3,(H,29,33)/t21-,23+/m1/s1. The summed E-state index contributed by atoms with van der Waals surface area (Å²) in [7, 11) is -1.75. The van der Waals surface area contributed by atoms with Crippen LogP contribution in [0.4, 0.5) is 4.79 Å². The minimum absolute atomic E-state index is 0.0298. The van der Waals surface area contributed by atoms with Crippen molar-refractivity contribution in [3.05, 3.63) is 59.1 Å². The molecule has 2 amide bonds. The monoisotopic (exact) mass is 496 g/mol. The predicted molar refractivity (Wildman–Crippen MR) is 138 cm³/mol. The van der Waals surface area contributed by atoms with Crippen LogP contribution in [-0.2, 0) is 16.0 Å². The second kappa shape index (κ2) is 12.9. The molecular weight excluding hydrogens is 459 g/mol. The van der Waals surface area contributed by atoms with Gasteiger partial charge >= 0.3 is 13.2 Å². The molecule has 2 aliphatic rings. The van der Waals surface area contributed by atoms with Crippen molar-refractivity contribution in [1.82, 2.24) is 15.1 Å². The molecule has 0 aromatic heterocycles.